The second-order valence-electron chi connectivity index (χ2n) is 4.82. The molecule has 0 atom stereocenters. The molecule has 1 aromatic rings. The lowest BCUT2D eigenvalue weighted by Crippen LogP contribution is -2.22. The van der Waals surface area contributed by atoms with Crippen LogP contribution in [0, 0.1) is 5.92 Å². The Hall–Kier alpha value is -0.850. The summed E-state index contributed by atoms with van der Waals surface area (Å²) in [4.78, 5) is 0. The van der Waals surface area contributed by atoms with Gasteiger partial charge >= 0.3 is 0 Å². The molecule has 0 bridgehead atoms. The summed E-state index contributed by atoms with van der Waals surface area (Å²) in [6.07, 6.45) is 2.28. The Balaban J connectivity index is 2.57. The van der Waals surface area contributed by atoms with Gasteiger partial charge in [0, 0.05) is 14.1 Å². The Morgan fingerprint density at radius 3 is 2.42 bits per heavy atom. The van der Waals surface area contributed by atoms with Gasteiger partial charge < -0.3 is 9.73 Å². The highest BCUT2D eigenvalue weighted by atomic mass is 32.2. The van der Waals surface area contributed by atoms with Gasteiger partial charge in [0.05, 0.1) is 6.54 Å². The Bertz CT molecular complexity index is 476. The van der Waals surface area contributed by atoms with Crippen LogP contribution in [0.3, 0.4) is 0 Å². The molecule has 5 nitrogen and oxygen atoms in total. The maximum Gasteiger partial charge on any atom is 0.275 e. The molecule has 0 aliphatic heterocycles. The van der Waals surface area contributed by atoms with Crippen molar-refractivity contribution in [1.29, 1.82) is 0 Å². The largest absolute Gasteiger partial charge is 0.447 e. The van der Waals surface area contributed by atoms with Gasteiger partial charge in [0.25, 0.3) is 10.0 Å². The molecule has 0 saturated carbocycles. The second kappa shape index (κ2) is 7.07. The van der Waals surface area contributed by atoms with Gasteiger partial charge in [-0.05, 0) is 24.6 Å². The van der Waals surface area contributed by atoms with Crippen molar-refractivity contribution in [2.75, 3.05) is 20.6 Å². The zero-order valence-electron chi connectivity index (χ0n) is 12.1. The summed E-state index contributed by atoms with van der Waals surface area (Å²) in [6, 6.07) is 3.21. The average Bonchev–Trinajstić information content (AvgIpc) is 2.84. The molecule has 1 aromatic heterocycles. The zero-order valence-corrected chi connectivity index (χ0v) is 13.0. The third-order valence-corrected chi connectivity index (χ3v) is 4.95. The molecule has 0 aliphatic rings. The van der Waals surface area contributed by atoms with Crippen molar-refractivity contribution in [1.82, 2.24) is 9.62 Å². The van der Waals surface area contributed by atoms with Gasteiger partial charge in [-0.25, -0.2) is 12.7 Å². The van der Waals surface area contributed by atoms with Gasteiger partial charge in [-0.1, -0.05) is 26.7 Å². The molecule has 1 rings (SSSR count). The quantitative estimate of drug-likeness (QED) is 0.795. The molecule has 0 radical (unpaired) electrons. The highest BCUT2D eigenvalue weighted by Gasteiger charge is 2.21. The van der Waals surface area contributed by atoms with Crippen LogP contribution in [0.4, 0.5) is 0 Å². The molecule has 0 spiro atoms. The maximum absolute atomic E-state index is 11.8. The van der Waals surface area contributed by atoms with E-state index in [-0.39, 0.29) is 5.09 Å². The fourth-order valence-electron chi connectivity index (χ4n) is 1.75. The van der Waals surface area contributed by atoms with Crippen molar-refractivity contribution >= 4 is 10.0 Å². The lowest BCUT2D eigenvalue weighted by molar-refractivity contribution is 0.376. The summed E-state index contributed by atoms with van der Waals surface area (Å²) in [7, 11) is -0.490. The van der Waals surface area contributed by atoms with Crippen LogP contribution in [-0.2, 0) is 16.6 Å². The summed E-state index contributed by atoms with van der Waals surface area (Å²) in [5.41, 5.74) is 0. The molecule has 1 N–H and O–H groups in total. The topological polar surface area (TPSA) is 62.6 Å². The minimum Gasteiger partial charge on any atom is -0.447 e. The molecule has 0 aromatic carbocycles. The smallest absolute Gasteiger partial charge is 0.275 e. The number of sulfonamides is 1. The molecule has 6 heteroatoms. The number of rotatable bonds is 8. The first kappa shape index (κ1) is 16.2. The van der Waals surface area contributed by atoms with Crippen LogP contribution in [0.1, 0.15) is 32.4 Å². The molecule has 0 unspecified atom stereocenters. The standard InChI is InChI=1S/C13H24N2O3S/c1-5-11(6-2)9-14-10-12-7-8-13(18-12)19(16,17)15(3)4/h7-8,11,14H,5-6,9-10H2,1-4H3. The first-order valence-corrected chi connectivity index (χ1v) is 8.07. The summed E-state index contributed by atoms with van der Waals surface area (Å²) in [6.45, 7) is 5.82. The third-order valence-electron chi connectivity index (χ3n) is 3.26. The SMILES string of the molecule is CCC(CC)CNCc1ccc(S(=O)(=O)N(C)C)o1. The molecular formula is C13H24N2O3S. The third kappa shape index (κ3) is 4.33. The van der Waals surface area contributed by atoms with Gasteiger partial charge in [-0.2, -0.15) is 0 Å². The molecule has 19 heavy (non-hydrogen) atoms. The number of furan rings is 1. The van der Waals surface area contributed by atoms with Gasteiger partial charge in [0.1, 0.15) is 5.76 Å². The van der Waals surface area contributed by atoms with Gasteiger partial charge in [0.15, 0.2) is 0 Å². The summed E-state index contributed by atoms with van der Waals surface area (Å²) in [5.74, 6) is 1.30. The fraction of sp³-hybridized carbons (Fsp3) is 0.692. The van der Waals surface area contributed by atoms with Crippen LogP contribution in [0.25, 0.3) is 0 Å². The second-order valence-corrected chi connectivity index (χ2v) is 6.90. The predicted molar refractivity (Wildman–Crippen MR) is 75.4 cm³/mol. The van der Waals surface area contributed by atoms with E-state index in [2.05, 4.69) is 19.2 Å². The van der Waals surface area contributed by atoms with Gasteiger partial charge in [-0.15, -0.1) is 0 Å². The summed E-state index contributed by atoms with van der Waals surface area (Å²) >= 11 is 0. The molecule has 0 aliphatic carbocycles. The molecule has 110 valence electrons. The normalized spacial score (nSPS) is 12.5. The van der Waals surface area contributed by atoms with E-state index in [1.807, 2.05) is 0 Å². The number of nitrogens with one attached hydrogen (secondary N) is 1. The number of nitrogens with zero attached hydrogens (tertiary/aromatic N) is 1. The van der Waals surface area contributed by atoms with Crippen molar-refractivity contribution < 1.29 is 12.8 Å². The van der Waals surface area contributed by atoms with Crippen molar-refractivity contribution in [3.8, 4) is 0 Å². The molecule has 0 amide bonds. The van der Waals surface area contributed by atoms with E-state index in [9.17, 15) is 8.42 Å². The van der Waals surface area contributed by atoms with Crippen LogP contribution in [0.2, 0.25) is 0 Å². The lowest BCUT2D eigenvalue weighted by atomic mass is 10.0. The minimum atomic E-state index is -3.47. The van der Waals surface area contributed by atoms with Crippen molar-refractivity contribution in [2.45, 2.75) is 38.3 Å². The Morgan fingerprint density at radius 1 is 1.26 bits per heavy atom. The molecule has 0 saturated heterocycles. The fourth-order valence-corrected chi connectivity index (χ4v) is 2.56. The van der Waals surface area contributed by atoms with E-state index < -0.39 is 10.0 Å². The van der Waals surface area contributed by atoms with Crippen LogP contribution in [0.5, 0.6) is 0 Å². The highest BCUT2D eigenvalue weighted by molar-refractivity contribution is 7.88. The van der Waals surface area contributed by atoms with Gasteiger partial charge in [-0.3, -0.25) is 0 Å². The monoisotopic (exact) mass is 288 g/mol. The lowest BCUT2D eigenvalue weighted by Gasteiger charge is -2.12. The Labute approximate surface area is 116 Å². The maximum atomic E-state index is 11.8. The van der Waals surface area contributed by atoms with Crippen LogP contribution >= 0.6 is 0 Å². The number of hydrogen-bond acceptors (Lipinski definition) is 4. The van der Waals surface area contributed by atoms with Crippen molar-refractivity contribution in [2.24, 2.45) is 5.92 Å². The van der Waals surface area contributed by atoms with Crippen molar-refractivity contribution in [3.63, 3.8) is 0 Å². The van der Waals surface area contributed by atoms with E-state index in [1.165, 1.54) is 20.2 Å². The minimum absolute atomic E-state index is 0.00293. The van der Waals surface area contributed by atoms with E-state index in [4.69, 9.17) is 4.42 Å². The Morgan fingerprint density at radius 2 is 1.89 bits per heavy atom. The van der Waals surface area contributed by atoms with Gasteiger partial charge in [0.2, 0.25) is 5.09 Å². The molecule has 1 heterocycles. The van der Waals surface area contributed by atoms with E-state index >= 15 is 0 Å². The van der Waals surface area contributed by atoms with E-state index in [0.717, 1.165) is 23.7 Å². The first-order chi connectivity index (χ1) is 8.91. The summed E-state index contributed by atoms with van der Waals surface area (Å²) < 4.78 is 30.2. The van der Waals surface area contributed by atoms with Crippen LogP contribution in [0.15, 0.2) is 21.6 Å². The van der Waals surface area contributed by atoms with E-state index in [0.29, 0.717) is 18.2 Å². The predicted octanol–water partition coefficient (Wildman–Crippen LogP) is 2.06. The molecule has 0 fully saturated rings. The zero-order chi connectivity index (χ0) is 14.5. The van der Waals surface area contributed by atoms with E-state index in [1.54, 1.807) is 6.07 Å². The summed E-state index contributed by atoms with van der Waals surface area (Å²) in [5, 5.41) is 3.29. The first-order valence-electron chi connectivity index (χ1n) is 6.63. The highest BCUT2D eigenvalue weighted by Crippen LogP contribution is 2.16. The number of hydrogen-bond donors (Lipinski definition) is 1. The van der Waals surface area contributed by atoms with Crippen LogP contribution < -0.4 is 5.32 Å². The average molecular weight is 288 g/mol. The van der Waals surface area contributed by atoms with Crippen molar-refractivity contribution in [3.05, 3.63) is 17.9 Å². The van der Waals surface area contributed by atoms with Crippen LogP contribution in [-0.4, -0.2) is 33.4 Å². The molecular weight excluding hydrogens is 264 g/mol. The Kier molecular flexibility index (Phi) is 6.03.